The van der Waals surface area contributed by atoms with Crippen molar-refractivity contribution >= 4 is 23.2 Å². The summed E-state index contributed by atoms with van der Waals surface area (Å²) in [5.41, 5.74) is 7.40. The highest BCUT2D eigenvalue weighted by molar-refractivity contribution is 6.34. The van der Waals surface area contributed by atoms with Gasteiger partial charge in [-0.2, -0.15) is 5.10 Å². The van der Waals surface area contributed by atoms with Crippen molar-refractivity contribution in [1.82, 2.24) is 5.01 Å². The molecular weight excluding hydrogens is 406 g/mol. The Morgan fingerprint density at radius 3 is 2.83 bits per heavy atom. The molecule has 1 heterocycles. The maximum atomic E-state index is 13.0. The van der Waals surface area contributed by atoms with Gasteiger partial charge in [-0.05, 0) is 69.1 Å². The molecule has 2 aromatic rings. The summed E-state index contributed by atoms with van der Waals surface area (Å²) in [6, 6.07) is 10.1. The van der Waals surface area contributed by atoms with Crippen molar-refractivity contribution in [2.75, 3.05) is 26.3 Å². The average molecular weight is 432 g/mol. The molecule has 7 nitrogen and oxygen atoms in total. The van der Waals surface area contributed by atoms with Gasteiger partial charge in [0.15, 0.2) is 11.5 Å². The molecule has 0 atom stereocenters. The Bertz CT molecular complexity index is 933. The SMILES string of the molecule is CCOc1cc(C2=NN(C(=O)c3ccc(OCCCN)cc3Cl)CCC2)ccc1O. The second kappa shape index (κ2) is 10.3. The van der Waals surface area contributed by atoms with Crippen LogP contribution in [0.4, 0.5) is 0 Å². The number of ether oxygens (including phenoxy) is 2. The number of phenolic OH excluding ortho intramolecular Hbond substituents is 1. The highest BCUT2D eigenvalue weighted by Gasteiger charge is 2.23. The van der Waals surface area contributed by atoms with E-state index in [0.29, 0.717) is 48.4 Å². The lowest BCUT2D eigenvalue weighted by Gasteiger charge is -2.24. The van der Waals surface area contributed by atoms with Crippen LogP contribution in [0.5, 0.6) is 17.2 Å². The van der Waals surface area contributed by atoms with Gasteiger partial charge in [0, 0.05) is 12.1 Å². The van der Waals surface area contributed by atoms with Crippen LogP contribution in [-0.4, -0.2) is 48.0 Å². The minimum atomic E-state index is -0.269. The number of amides is 1. The van der Waals surface area contributed by atoms with Crippen molar-refractivity contribution in [2.45, 2.75) is 26.2 Å². The Labute approximate surface area is 181 Å². The van der Waals surface area contributed by atoms with Crippen LogP contribution in [0.15, 0.2) is 41.5 Å². The van der Waals surface area contributed by atoms with E-state index in [1.54, 1.807) is 36.4 Å². The van der Waals surface area contributed by atoms with Gasteiger partial charge in [0.2, 0.25) is 0 Å². The van der Waals surface area contributed by atoms with Gasteiger partial charge in [-0.3, -0.25) is 4.79 Å². The first-order valence-electron chi connectivity index (χ1n) is 10.0. The average Bonchev–Trinajstić information content (AvgIpc) is 2.75. The lowest BCUT2D eigenvalue weighted by atomic mass is 10.0. The molecule has 1 amide bonds. The number of phenols is 1. The number of carbonyl (C=O) groups excluding carboxylic acids is 1. The molecule has 30 heavy (non-hydrogen) atoms. The van der Waals surface area contributed by atoms with Crippen LogP contribution in [0.25, 0.3) is 0 Å². The summed E-state index contributed by atoms with van der Waals surface area (Å²) in [6.45, 7) is 3.84. The molecule has 1 aliphatic heterocycles. The van der Waals surface area contributed by atoms with E-state index in [1.807, 2.05) is 6.92 Å². The zero-order chi connectivity index (χ0) is 21.5. The molecule has 8 heteroatoms. The van der Waals surface area contributed by atoms with Crippen LogP contribution < -0.4 is 15.2 Å². The molecule has 0 unspecified atom stereocenters. The predicted octanol–water partition coefficient (Wildman–Crippen LogP) is 3.81. The molecule has 0 saturated heterocycles. The summed E-state index contributed by atoms with van der Waals surface area (Å²) in [5.74, 6) is 0.801. The number of nitrogens with zero attached hydrogens (tertiary/aromatic N) is 2. The Morgan fingerprint density at radius 2 is 2.10 bits per heavy atom. The second-order valence-corrected chi connectivity index (χ2v) is 7.23. The van der Waals surface area contributed by atoms with Crippen LogP contribution in [0, 0.1) is 0 Å². The zero-order valence-corrected chi connectivity index (χ0v) is 17.7. The van der Waals surface area contributed by atoms with E-state index < -0.39 is 0 Å². The maximum absolute atomic E-state index is 13.0. The first kappa shape index (κ1) is 21.9. The molecule has 0 saturated carbocycles. The van der Waals surface area contributed by atoms with E-state index in [2.05, 4.69) is 5.10 Å². The molecule has 3 rings (SSSR count). The molecule has 0 aromatic heterocycles. The lowest BCUT2D eigenvalue weighted by molar-refractivity contribution is 0.0752. The number of benzene rings is 2. The third-order valence-electron chi connectivity index (χ3n) is 4.64. The molecule has 0 aliphatic carbocycles. The number of carbonyl (C=O) groups is 1. The first-order chi connectivity index (χ1) is 14.5. The van der Waals surface area contributed by atoms with Crippen molar-refractivity contribution in [3.63, 3.8) is 0 Å². The van der Waals surface area contributed by atoms with E-state index in [9.17, 15) is 9.90 Å². The molecule has 0 bridgehead atoms. The Hall–Kier alpha value is -2.77. The fraction of sp³-hybridized carbons (Fsp3) is 0.364. The Kier molecular flexibility index (Phi) is 7.54. The molecule has 160 valence electrons. The summed E-state index contributed by atoms with van der Waals surface area (Å²) in [7, 11) is 0. The quantitative estimate of drug-likeness (QED) is 0.619. The molecule has 1 aliphatic rings. The standard InChI is InChI=1S/C22H26ClN3O4/c1-2-29-21-13-15(6-9-20(21)27)19-5-3-11-26(25-19)22(28)17-8-7-16(14-18(17)23)30-12-4-10-24/h6-9,13-14,27H,2-5,10-12,24H2,1H3. The normalized spacial score (nSPS) is 13.7. The van der Waals surface area contributed by atoms with Crippen molar-refractivity contribution in [1.29, 1.82) is 0 Å². The monoisotopic (exact) mass is 431 g/mol. The van der Waals surface area contributed by atoms with E-state index >= 15 is 0 Å². The van der Waals surface area contributed by atoms with E-state index in [1.165, 1.54) is 5.01 Å². The van der Waals surface area contributed by atoms with Crippen LogP contribution in [0.2, 0.25) is 5.02 Å². The van der Waals surface area contributed by atoms with Gasteiger partial charge in [-0.15, -0.1) is 0 Å². The number of aromatic hydroxyl groups is 1. The van der Waals surface area contributed by atoms with E-state index in [4.69, 9.17) is 26.8 Å². The summed E-state index contributed by atoms with van der Waals surface area (Å²) in [4.78, 5) is 13.0. The van der Waals surface area contributed by atoms with Crippen LogP contribution >= 0.6 is 11.6 Å². The zero-order valence-electron chi connectivity index (χ0n) is 16.9. The number of rotatable bonds is 8. The van der Waals surface area contributed by atoms with Crippen molar-refractivity contribution in [3.05, 3.63) is 52.5 Å². The smallest absolute Gasteiger partial charge is 0.275 e. The number of hydrazone groups is 1. The van der Waals surface area contributed by atoms with Gasteiger partial charge in [0.1, 0.15) is 5.75 Å². The minimum Gasteiger partial charge on any atom is -0.504 e. The predicted molar refractivity (Wildman–Crippen MR) is 117 cm³/mol. The molecule has 0 fully saturated rings. The summed E-state index contributed by atoms with van der Waals surface area (Å²) < 4.78 is 11.0. The van der Waals surface area contributed by atoms with Gasteiger partial charge in [-0.25, -0.2) is 5.01 Å². The van der Waals surface area contributed by atoms with E-state index in [0.717, 1.165) is 30.5 Å². The maximum Gasteiger partial charge on any atom is 0.275 e. The van der Waals surface area contributed by atoms with Gasteiger partial charge in [-0.1, -0.05) is 11.6 Å². The van der Waals surface area contributed by atoms with Crippen LogP contribution in [0.3, 0.4) is 0 Å². The summed E-state index contributed by atoms with van der Waals surface area (Å²) in [5, 5.41) is 16.2. The van der Waals surface area contributed by atoms with Gasteiger partial charge < -0.3 is 20.3 Å². The third kappa shape index (κ3) is 5.23. The molecular formula is C22H26ClN3O4. The van der Waals surface area contributed by atoms with E-state index in [-0.39, 0.29) is 11.7 Å². The molecule has 0 spiro atoms. The van der Waals surface area contributed by atoms with Crippen molar-refractivity contribution in [2.24, 2.45) is 10.8 Å². The second-order valence-electron chi connectivity index (χ2n) is 6.83. The Morgan fingerprint density at radius 1 is 1.27 bits per heavy atom. The highest BCUT2D eigenvalue weighted by Crippen LogP contribution is 2.29. The van der Waals surface area contributed by atoms with Gasteiger partial charge in [0.05, 0.1) is 29.5 Å². The molecule has 0 radical (unpaired) electrons. The largest absolute Gasteiger partial charge is 0.504 e. The fourth-order valence-electron chi connectivity index (χ4n) is 3.13. The van der Waals surface area contributed by atoms with Gasteiger partial charge >= 0.3 is 0 Å². The van der Waals surface area contributed by atoms with Gasteiger partial charge in [0.25, 0.3) is 5.91 Å². The number of halogens is 1. The van der Waals surface area contributed by atoms with Crippen molar-refractivity contribution < 1.29 is 19.4 Å². The number of nitrogens with two attached hydrogens (primary N) is 1. The van der Waals surface area contributed by atoms with Crippen LogP contribution in [0.1, 0.15) is 42.1 Å². The molecule has 2 aromatic carbocycles. The van der Waals surface area contributed by atoms with Crippen LogP contribution in [-0.2, 0) is 0 Å². The Balaban J connectivity index is 1.79. The summed E-state index contributed by atoms with van der Waals surface area (Å²) >= 11 is 6.34. The summed E-state index contributed by atoms with van der Waals surface area (Å²) in [6.07, 6.45) is 2.24. The first-order valence-corrected chi connectivity index (χ1v) is 10.4. The lowest BCUT2D eigenvalue weighted by Crippen LogP contribution is -2.32. The number of hydrogen-bond acceptors (Lipinski definition) is 6. The number of hydrogen-bond donors (Lipinski definition) is 2. The highest BCUT2D eigenvalue weighted by atomic mass is 35.5. The fourth-order valence-corrected chi connectivity index (χ4v) is 3.38. The molecule has 3 N–H and O–H groups in total. The minimum absolute atomic E-state index is 0.0745. The third-order valence-corrected chi connectivity index (χ3v) is 4.95. The topological polar surface area (TPSA) is 97.4 Å². The van der Waals surface area contributed by atoms with Crippen molar-refractivity contribution in [3.8, 4) is 17.2 Å².